The number of para-hydroxylation sites is 1. The zero-order valence-corrected chi connectivity index (χ0v) is 17.4. The molecular formula is C24H19N3O2S. The van der Waals surface area contributed by atoms with Gasteiger partial charge in [0.15, 0.2) is 5.11 Å². The molecule has 1 N–H and O–H groups in total. The number of carbonyl (C=O) groups excluding carboxylic acids is 2. The van der Waals surface area contributed by atoms with Crippen molar-refractivity contribution in [1.82, 2.24) is 9.88 Å². The van der Waals surface area contributed by atoms with Gasteiger partial charge in [0.05, 0.1) is 12.2 Å². The van der Waals surface area contributed by atoms with E-state index in [2.05, 4.69) is 11.2 Å². The number of carbonyl (C=O) groups is 2. The lowest BCUT2D eigenvalue weighted by Gasteiger charge is -2.30. The number of thiocarbonyl (C=S) groups is 1. The van der Waals surface area contributed by atoms with Crippen LogP contribution in [0.15, 0.2) is 54.2 Å². The molecule has 6 heteroatoms. The molecule has 0 unspecified atom stereocenters. The number of aryl methyl sites for hydroxylation is 2. The van der Waals surface area contributed by atoms with Crippen LogP contribution in [0.1, 0.15) is 16.7 Å². The molecule has 1 aliphatic heterocycles. The number of aromatic nitrogens is 1. The molecule has 2 heterocycles. The lowest BCUT2D eigenvalue weighted by molar-refractivity contribution is -0.122. The Morgan fingerprint density at radius 3 is 2.67 bits per heavy atom. The van der Waals surface area contributed by atoms with Crippen LogP contribution in [0.2, 0.25) is 0 Å². The van der Waals surface area contributed by atoms with Crippen LogP contribution in [0.25, 0.3) is 17.0 Å². The Bertz CT molecular complexity index is 1290. The molecule has 1 fully saturated rings. The first-order valence-corrected chi connectivity index (χ1v) is 9.81. The van der Waals surface area contributed by atoms with E-state index in [0.717, 1.165) is 27.6 Å². The van der Waals surface area contributed by atoms with E-state index in [1.165, 1.54) is 4.90 Å². The van der Waals surface area contributed by atoms with Crippen molar-refractivity contribution in [2.45, 2.75) is 20.4 Å². The number of benzene rings is 2. The second-order valence-corrected chi connectivity index (χ2v) is 7.57. The predicted molar refractivity (Wildman–Crippen MR) is 123 cm³/mol. The number of amides is 2. The van der Waals surface area contributed by atoms with E-state index in [-0.39, 0.29) is 10.7 Å². The number of hydrogen-bond donors (Lipinski definition) is 1. The topological polar surface area (TPSA) is 54.3 Å². The minimum atomic E-state index is -0.514. The molecule has 0 aliphatic carbocycles. The Hall–Kier alpha value is -3.69. The van der Waals surface area contributed by atoms with E-state index in [1.807, 2.05) is 67.1 Å². The average molecular weight is 414 g/mol. The molecule has 1 aliphatic rings. The molecule has 0 bridgehead atoms. The SMILES string of the molecule is C#CCn1cc(/C=C2/C(=O)NC(=S)N(c3ccc(C)cc3C)C2=O)c2ccccc21. The van der Waals surface area contributed by atoms with Crippen molar-refractivity contribution in [1.29, 1.82) is 0 Å². The molecule has 3 aromatic rings. The predicted octanol–water partition coefficient (Wildman–Crippen LogP) is 3.72. The van der Waals surface area contributed by atoms with Gasteiger partial charge in [-0.1, -0.05) is 41.8 Å². The summed E-state index contributed by atoms with van der Waals surface area (Å²) in [5.41, 5.74) is 4.32. The molecule has 0 saturated carbocycles. The quantitative estimate of drug-likeness (QED) is 0.308. The van der Waals surface area contributed by atoms with Crippen LogP contribution in [0.4, 0.5) is 5.69 Å². The van der Waals surface area contributed by atoms with Gasteiger partial charge >= 0.3 is 0 Å². The Morgan fingerprint density at radius 2 is 1.93 bits per heavy atom. The van der Waals surface area contributed by atoms with Crippen molar-refractivity contribution in [2.75, 3.05) is 4.90 Å². The highest BCUT2D eigenvalue weighted by atomic mass is 32.1. The first kappa shape index (κ1) is 19.6. The number of hydrogen-bond acceptors (Lipinski definition) is 3. The lowest BCUT2D eigenvalue weighted by Crippen LogP contribution is -2.54. The number of rotatable bonds is 3. The highest BCUT2D eigenvalue weighted by Crippen LogP contribution is 2.28. The first-order chi connectivity index (χ1) is 14.4. The van der Waals surface area contributed by atoms with Crippen LogP contribution >= 0.6 is 12.2 Å². The van der Waals surface area contributed by atoms with Gasteiger partial charge in [0, 0.05) is 22.7 Å². The van der Waals surface area contributed by atoms with Crippen LogP contribution < -0.4 is 10.2 Å². The molecule has 1 aromatic heterocycles. The fourth-order valence-corrected chi connectivity index (χ4v) is 3.98. The second kappa shape index (κ2) is 7.62. The van der Waals surface area contributed by atoms with Crippen molar-refractivity contribution in [2.24, 2.45) is 0 Å². The summed E-state index contributed by atoms with van der Waals surface area (Å²) in [6.07, 6.45) is 8.94. The minimum absolute atomic E-state index is 0.0205. The van der Waals surface area contributed by atoms with E-state index < -0.39 is 11.8 Å². The summed E-state index contributed by atoms with van der Waals surface area (Å²) < 4.78 is 1.92. The van der Waals surface area contributed by atoms with Crippen molar-refractivity contribution in [3.05, 3.63) is 70.9 Å². The van der Waals surface area contributed by atoms with Crippen molar-refractivity contribution < 1.29 is 9.59 Å². The van der Waals surface area contributed by atoms with Crippen molar-refractivity contribution in [3.63, 3.8) is 0 Å². The van der Waals surface area contributed by atoms with E-state index in [1.54, 1.807) is 6.08 Å². The summed E-state index contributed by atoms with van der Waals surface area (Å²) in [5.74, 6) is 1.66. The van der Waals surface area contributed by atoms with Crippen LogP contribution in [0.5, 0.6) is 0 Å². The van der Waals surface area contributed by atoms with Crippen molar-refractivity contribution in [3.8, 4) is 12.3 Å². The van der Waals surface area contributed by atoms with Crippen LogP contribution in [-0.4, -0.2) is 21.5 Å². The molecule has 1 saturated heterocycles. The van der Waals surface area contributed by atoms with E-state index in [9.17, 15) is 9.59 Å². The molecule has 2 amide bonds. The number of terminal acetylenes is 1. The zero-order chi connectivity index (χ0) is 21.4. The van der Waals surface area contributed by atoms with Crippen LogP contribution in [-0.2, 0) is 16.1 Å². The highest BCUT2D eigenvalue weighted by molar-refractivity contribution is 7.80. The zero-order valence-electron chi connectivity index (χ0n) is 16.6. The number of nitrogens with zero attached hydrogens (tertiary/aromatic N) is 2. The van der Waals surface area contributed by atoms with Crippen LogP contribution in [0, 0.1) is 26.2 Å². The van der Waals surface area contributed by atoms with Gasteiger partial charge in [-0.25, -0.2) is 0 Å². The monoisotopic (exact) mass is 413 g/mol. The van der Waals surface area contributed by atoms with E-state index >= 15 is 0 Å². The van der Waals surface area contributed by atoms with E-state index in [0.29, 0.717) is 12.2 Å². The molecule has 2 aromatic carbocycles. The smallest absolute Gasteiger partial charge is 0.270 e. The maximum atomic E-state index is 13.3. The molecule has 5 nitrogen and oxygen atoms in total. The first-order valence-electron chi connectivity index (χ1n) is 9.40. The fraction of sp³-hybridized carbons (Fsp3) is 0.125. The molecule has 4 rings (SSSR count). The Kier molecular flexibility index (Phi) is 4.98. The van der Waals surface area contributed by atoms with Gasteiger partial charge in [-0.3, -0.25) is 19.8 Å². The molecule has 0 spiro atoms. The summed E-state index contributed by atoms with van der Waals surface area (Å²) >= 11 is 5.31. The van der Waals surface area contributed by atoms with Gasteiger partial charge in [0.1, 0.15) is 5.57 Å². The standard InChI is InChI=1S/C24H19N3O2S/c1-4-11-26-14-17(18-7-5-6-8-21(18)26)13-19-22(28)25-24(30)27(23(19)29)20-10-9-15(2)12-16(20)3/h1,5-10,12-14H,11H2,2-3H3,(H,25,28,30)/b19-13-. The fourth-order valence-electron chi connectivity index (χ4n) is 3.71. The summed E-state index contributed by atoms with van der Waals surface area (Å²) in [4.78, 5) is 27.4. The molecule has 148 valence electrons. The summed E-state index contributed by atoms with van der Waals surface area (Å²) in [6.45, 7) is 4.28. The van der Waals surface area contributed by atoms with Gasteiger partial charge in [-0.05, 0) is 49.8 Å². The molecule has 0 radical (unpaired) electrons. The molecular weight excluding hydrogens is 394 g/mol. The van der Waals surface area contributed by atoms with Gasteiger partial charge in [-0.15, -0.1) is 6.42 Å². The molecule has 0 atom stereocenters. The summed E-state index contributed by atoms with van der Waals surface area (Å²) in [6, 6.07) is 13.4. The molecule has 30 heavy (non-hydrogen) atoms. The van der Waals surface area contributed by atoms with Gasteiger partial charge in [0.25, 0.3) is 11.8 Å². The Balaban J connectivity index is 1.83. The third kappa shape index (κ3) is 3.30. The summed E-state index contributed by atoms with van der Waals surface area (Å²) in [7, 11) is 0. The lowest BCUT2D eigenvalue weighted by atomic mass is 10.0. The maximum Gasteiger partial charge on any atom is 0.270 e. The van der Waals surface area contributed by atoms with Gasteiger partial charge < -0.3 is 4.57 Å². The maximum absolute atomic E-state index is 13.3. The third-order valence-electron chi connectivity index (χ3n) is 5.08. The summed E-state index contributed by atoms with van der Waals surface area (Å²) in [5, 5.41) is 3.62. The van der Waals surface area contributed by atoms with E-state index in [4.69, 9.17) is 18.6 Å². The number of nitrogens with one attached hydrogen (secondary N) is 1. The Morgan fingerprint density at radius 1 is 1.17 bits per heavy atom. The minimum Gasteiger partial charge on any atom is -0.335 e. The third-order valence-corrected chi connectivity index (χ3v) is 5.36. The van der Waals surface area contributed by atoms with Crippen molar-refractivity contribution >= 4 is 51.8 Å². The number of fused-ring (bicyclic) bond motifs is 1. The second-order valence-electron chi connectivity index (χ2n) is 7.18. The normalized spacial score (nSPS) is 15.6. The average Bonchev–Trinajstić information content (AvgIpc) is 3.05. The van der Waals surface area contributed by atoms with Gasteiger partial charge in [0.2, 0.25) is 0 Å². The number of anilines is 1. The highest BCUT2D eigenvalue weighted by Gasteiger charge is 2.35. The Labute approximate surface area is 180 Å². The largest absolute Gasteiger partial charge is 0.335 e. The van der Waals surface area contributed by atoms with Crippen LogP contribution in [0.3, 0.4) is 0 Å². The van der Waals surface area contributed by atoms with Gasteiger partial charge in [-0.2, -0.15) is 0 Å².